The van der Waals surface area contributed by atoms with Crippen molar-refractivity contribution >= 4 is 31.6 Å². The second-order valence-corrected chi connectivity index (χ2v) is 7.47. The van der Waals surface area contributed by atoms with Gasteiger partial charge < -0.3 is 5.73 Å². The fourth-order valence-corrected chi connectivity index (χ4v) is 3.53. The van der Waals surface area contributed by atoms with Crippen LogP contribution in [-0.4, -0.2) is 15.0 Å². The third-order valence-corrected chi connectivity index (χ3v) is 5.41. The molecule has 0 radical (unpaired) electrons. The van der Waals surface area contributed by atoms with Gasteiger partial charge in [-0.15, -0.1) is 0 Å². The minimum atomic E-state index is -3.44. The summed E-state index contributed by atoms with van der Waals surface area (Å²) in [5, 5.41) is 0. The van der Waals surface area contributed by atoms with E-state index >= 15 is 0 Å². The van der Waals surface area contributed by atoms with Crippen LogP contribution in [0.15, 0.2) is 27.6 Å². The van der Waals surface area contributed by atoms with Gasteiger partial charge in [-0.3, -0.25) is 0 Å². The molecular weight excluding hydrogens is 316 g/mol. The van der Waals surface area contributed by atoms with E-state index in [1.165, 1.54) is 25.0 Å². The van der Waals surface area contributed by atoms with Gasteiger partial charge in [0.1, 0.15) is 0 Å². The van der Waals surface area contributed by atoms with Gasteiger partial charge in [0.2, 0.25) is 10.0 Å². The summed E-state index contributed by atoms with van der Waals surface area (Å²) >= 11 is 3.23. The molecular formula is C12H17BrN2O2S. The number of nitrogens with two attached hydrogens (primary N) is 1. The molecule has 0 amide bonds. The summed E-state index contributed by atoms with van der Waals surface area (Å²) in [7, 11) is -3.44. The van der Waals surface area contributed by atoms with Gasteiger partial charge in [-0.2, -0.15) is 0 Å². The molecule has 2 rings (SSSR count). The highest BCUT2D eigenvalue weighted by atomic mass is 79.9. The molecule has 3 N–H and O–H groups in total. The van der Waals surface area contributed by atoms with Crippen LogP contribution in [0.2, 0.25) is 0 Å². The Bertz CT molecular complexity index is 541. The predicted octanol–water partition coefficient (Wildman–Crippen LogP) is 2.36. The summed E-state index contributed by atoms with van der Waals surface area (Å²) in [4.78, 5) is 0.242. The highest BCUT2D eigenvalue weighted by Crippen LogP contribution is 2.36. The van der Waals surface area contributed by atoms with E-state index in [9.17, 15) is 8.42 Å². The lowest BCUT2D eigenvalue weighted by Crippen LogP contribution is -2.29. The fraction of sp³-hybridized carbons (Fsp3) is 0.500. The summed E-state index contributed by atoms with van der Waals surface area (Å²) in [6.07, 6.45) is 2.44. The molecule has 18 heavy (non-hydrogen) atoms. The Morgan fingerprint density at radius 3 is 2.72 bits per heavy atom. The molecule has 0 heterocycles. The van der Waals surface area contributed by atoms with Crippen molar-refractivity contribution in [3.63, 3.8) is 0 Å². The van der Waals surface area contributed by atoms with E-state index in [-0.39, 0.29) is 4.90 Å². The van der Waals surface area contributed by atoms with Crippen molar-refractivity contribution in [3.05, 3.63) is 22.7 Å². The van der Waals surface area contributed by atoms with Crippen molar-refractivity contribution in [1.29, 1.82) is 0 Å². The number of benzene rings is 1. The molecule has 1 aliphatic carbocycles. The molecule has 0 aliphatic heterocycles. The molecule has 1 aromatic rings. The molecule has 4 nitrogen and oxygen atoms in total. The summed E-state index contributed by atoms with van der Waals surface area (Å²) in [6.45, 7) is 2.58. The van der Waals surface area contributed by atoms with E-state index < -0.39 is 10.0 Å². The van der Waals surface area contributed by atoms with Crippen LogP contribution in [0.25, 0.3) is 0 Å². The first kappa shape index (κ1) is 13.8. The van der Waals surface area contributed by atoms with Crippen LogP contribution >= 0.6 is 15.9 Å². The highest BCUT2D eigenvalue weighted by molar-refractivity contribution is 9.10. The molecule has 0 spiro atoms. The summed E-state index contributed by atoms with van der Waals surface area (Å²) in [5.41, 5.74) is 6.17. The minimum Gasteiger partial charge on any atom is -0.398 e. The first-order chi connectivity index (χ1) is 8.40. The first-order valence-corrected chi connectivity index (χ1v) is 8.22. The molecule has 1 fully saturated rings. The van der Waals surface area contributed by atoms with Gasteiger partial charge in [-0.25, -0.2) is 13.1 Å². The molecule has 100 valence electrons. The zero-order valence-electron chi connectivity index (χ0n) is 10.2. The van der Waals surface area contributed by atoms with Gasteiger partial charge in [-0.05, 0) is 58.8 Å². The van der Waals surface area contributed by atoms with E-state index in [0.29, 0.717) is 28.5 Å². The minimum absolute atomic E-state index is 0.242. The van der Waals surface area contributed by atoms with Crippen molar-refractivity contribution in [2.45, 2.75) is 24.7 Å². The van der Waals surface area contributed by atoms with Gasteiger partial charge in [-0.1, -0.05) is 6.92 Å². The third-order valence-electron chi connectivity index (χ3n) is 3.30. The Morgan fingerprint density at radius 1 is 1.50 bits per heavy atom. The number of nitrogen functional groups attached to an aromatic ring is 1. The van der Waals surface area contributed by atoms with Crippen LogP contribution in [-0.2, 0) is 10.0 Å². The molecule has 1 aromatic carbocycles. The maximum absolute atomic E-state index is 12.1. The quantitative estimate of drug-likeness (QED) is 0.813. The van der Waals surface area contributed by atoms with Gasteiger partial charge in [0.15, 0.2) is 0 Å². The standard InChI is InChI=1S/C12H17BrN2O2S/c1-8(9-2-3-9)7-15-18(16,17)10-4-5-12(14)11(13)6-10/h4-6,8-9,15H,2-3,7,14H2,1H3. The molecule has 1 atom stereocenters. The number of halogens is 1. The van der Waals surface area contributed by atoms with Crippen LogP contribution in [0.3, 0.4) is 0 Å². The number of sulfonamides is 1. The van der Waals surface area contributed by atoms with Gasteiger partial charge in [0, 0.05) is 16.7 Å². The average molecular weight is 333 g/mol. The molecule has 0 saturated heterocycles. The summed E-state index contributed by atoms with van der Waals surface area (Å²) < 4.78 is 27.4. The molecule has 1 saturated carbocycles. The van der Waals surface area contributed by atoms with E-state index in [1.54, 1.807) is 6.07 Å². The van der Waals surface area contributed by atoms with Crippen molar-refractivity contribution in [2.24, 2.45) is 11.8 Å². The van der Waals surface area contributed by atoms with Crippen molar-refractivity contribution < 1.29 is 8.42 Å². The third kappa shape index (κ3) is 3.24. The average Bonchev–Trinajstić information content (AvgIpc) is 3.13. The Labute approximate surface area is 116 Å². The number of hydrogen-bond donors (Lipinski definition) is 2. The molecule has 6 heteroatoms. The van der Waals surface area contributed by atoms with E-state index in [1.807, 2.05) is 0 Å². The van der Waals surface area contributed by atoms with E-state index in [4.69, 9.17) is 5.73 Å². The van der Waals surface area contributed by atoms with Crippen molar-refractivity contribution in [1.82, 2.24) is 4.72 Å². The lowest BCUT2D eigenvalue weighted by Gasteiger charge is -2.12. The predicted molar refractivity (Wildman–Crippen MR) is 75.6 cm³/mol. The van der Waals surface area contributed by atoms with Crippen LogP contribution in [0, 0.1) is 11.8 Å². The number of anilines is 1. The van der Waals surface area contributed by atoms with E-state index in [2.05, 4.69) is 27.6 Å². The molecule has 1 aliphatic rings. The number of nitrogens with one attached hydrogen (secondary N) is 1. The van der Waals surface area contributed by atoms with Crippen molar-refractivity contribution in [3.8, 4) is 0 Å². The van der Waals surface area contributed by atoms with Gasteiger partial charge in [0.25, 0.3) is 0 Å². The maximum Gasteiger partial charge on any atom is 0.240 e. The Hall–Kier alpha value is -0.590. The van der Waals surface area contributed by atoms with Crippen LogP contribution < -0.4 is 10.5 Å². The zero-order valence-corrected chi connectivity index (χ0v) is 12.6. The smallest absolute Gasteiger partial charge is 0.240 e. The second kappa shape index (κ2) is 5.19. The summed E-state index contributed by atoms with van der Waals surface area (Å²) in [5.74, 6) is 1.09. The Morgan fingerprint density at radius 2 is 2.17 bits per heavy atom. The Balaban J connectivity index is 2.07. The van der Waals surface area contributed by atoms with Gasteiger partial charge >= 0.3 is 0 Å². The summed E-state index contributed by atoms with van der Waals surface area (Å²) in [6, 6.07) is 4.63. The lowest BCUT2D eigenvalue weighted by atomic mass is 10.1. The molecule has 0 aromatic heterocycles. The van der Waals surface area contributed by atoms with Crippen LogP contribution in [0.4, 0.5) is 5.69 Å². The zero-order chi connectivity index (χ0) is 13.3. The maximum atomic E-state index is 12.1. The van der Waals surface area contributed by atoms with Crippen LogP contribution in [0.1, 0.15) is 19.8 Å². The highest BCUT2D eigenvalue weighted by Gasteiger charge is 2.28. The fourth-order valence-electron chi connectivity index (χ4n) is 1.83. The monoisotopic (exact) mass is 332 g/mol. The number of hydrogen-bond acceptors (Lipinski definition) is 3. The normalized spacial score (nSPS) is 17.7. The topological polar surface area (TPSA) is 72.2 Å². The Kier molecular flexibility index (Phi) is 3.99. The molecule has 0 bridgehead atoms. The van der Waals surface area contributed by atoms with Gasteiger partial charge in [0.05, 0.1) is 4.90 Å². The second-order valence-electron chi connectivity index (χ2n) is 4.85. The lowest BCUT2D eigenvalue weighted by molar-refractivity contribution is 0.492. The van der Waals surface area contributed by atoms with Crippen LogP contribution in [0.5, 0.6) is 0 Å². The number of rotatable bonds is 5. The molecule has 1 unspecified atom stereocenters. The first-order valence-electron chi connectivity index (χ1n) is 5.95. The largest absolute Gasteiger partial charge is 0.398 e. The SMILES string of the molecule is CC(CNS(=O)(=O)c1ccc(N)c(Br)c1)C1CC1. The van der Waals surface area contributed by atoms with Crippen molar-refractivity contribution in [2.75, 3.05) is 12.3 Å². The van der Waals surface area contributed by atoms with E-state index in [0.717, 1.165) is 0 Å².